The molecule has 184 valence electrons. The maximum atomic E-state index is 12.5. The van der Waals surface area contributed by atoms with Crippen molar-refractivity contribution >= 4 is 23.2 Å². The summed E-state index contributed by atoms with van der Waals surface area (Å²) in [6.45, 7) is 9.02. The van der Waals surface area contributed by atoms with Gasteiger partial charge in [-0.05, 0) is 49.3 Å². The molecule has 2 saturated heterocycles. The molecular weight excluding hydrogens is 428 g/mol. The number of aromatic nitrogens is 2. The molecule has 3 heterocycles. The van der Waals surface area contributed by atoms with Crippen molar-refractivity contribution < 1.29 is 9.53 Å². The van der Waals surface area contributed by atoms with Crippen molar-refractivity contribution in [2.45, 2.75) is 45.6 Å². The van der Waals surface area contributed by atoms with E-state index in [-0.39, 0.29) is 5.91 Å². The number of benzene rings is 1. The Kier molecular flexibility index (Phi) is 8.96. The minimum atomic E-state index is 0.127. The van der Waals surface area contributed by atoms with E-state index in [1.165, 1.54) is 12.1 Å². The van der Waals surface area contributed by atoms with E-state index in [1.807, 2.05) is 6.07 Å². The van der Waals surface area contributed by atoms with E-state index in [2.05, 4.69) is 61.6 Å². The van der Waals surface area contributed by atoms with E-state index >= 15 is 0 Å². The largest absolute Gasteiger partial charge is 0.378 e. The van der Waals surface area contributed by atoms with Gasteiger partial charge in [0.1, 0.15) is 18.0 Å². The predicted molar refractivity (Wildman–Crippen MR) is 136 cm³/mol. The maximum absolute atomic E-state index is 12.5. The first-order valence-corrected chi connectivity index (χ1v) is 12.7. The third-order valence-corrected chi connectivity index (χ3v) is 6.63. The fourth-order valence-electron chi connectivity index (χ4n) is 4.65. The lowest BCUT2D eigenvalue weighted by molar-refractivity contribution is -0.121. The SMILES string of the molecule is CCCNc1cc(N2CCC[C@@H](CCC(=O)NCc3ccc(N4CCOCC4)cc3)C2)ncn1. The first-order chi connectivity index (χ1) is 16.7. The molecule has 1 aromatic carbocycles. The van der Waals surface area contributed by atoms with Gasteiger partial charge < -0.3 is 25.2 Å². The third kappa shape index (κ3) is 7.06. The topological polar surface area (TPSA) is 82.6 Å². The van der Waals surface area contributed by atoms with Gasteiger partial charge in [0.2, 0.25) is 5.91 Å². The highest BCUT2D eigenvalue weighted by Gasteiger charge is 2.22. The lowest BCUT2D eigenvalue weighted by Crippen LogP contribution is -2.36. The van der Waals surface area contributed by atoms with Gasteiger partial charge in [-0.3, -0.25) is 4.79 Å². The van der Waals surface area contributed by atoms with Gasteiger partial charge in [0.15, 0.2) is 0 Å². The molecule has 0 radical (unpaired) electrons. The van der Waals surface area contributed by atoms with Gasteiger partial charge in [0.05, 0.1) is 13.2 Å². The van der Waals surface area contributed by atoms with Crippen LogP contribution in [-0.4, -0.2) is 61.8 Å². The van der Waals surface area contributed by atoms with Crippen LogP contribution in [0.25, 0.3) is 0 Å². The summed E-state index contributed by atoms with van der Waals surface area (Å²) in [5.74, 6) is 2.49. The van der Waals surface area contributed by atoms with Crippen LogP contribution in [0, 0.1) is 5.92 Å². The molecule has 2 aliphatic heterocycles. The van der Waals surface area contributed by atoms with Crippen molar-refractivity contribution in [3.05, 3.63) is 42.2 Å². The van der Waals surface area contributed by atoms with Crippen molar-refractivity contribution in [2.75, 3.05) is 61.1 Å². The molecule has 0 unspecified atom stereocenters. The Morgan fingerprint density at radius 2 is 1.94 bits per heavy atom. The van der Waals surface area contributed by atoms with E-state index in [0.717, 1.165) is 82.4 Å². The number of nitrogens with one attached hydrogen (secondary N) is 2. The number of piperidine rings is 1. The number of anilines is 3. The number of ether oxygens (including phenoxy) is 1. The van der Waals surface area contributed by atoms with Crippen molar-refractivity contribution in [1.82, 2.24) is 15.3 Å². The van der Waals surface area contributed by atoms with Gasteiger partial charge in [-0.1, -0.05) is 19.1 Å². The van der Waals surface area contributed by atoms with Crippen LogP contribution in [0.4, 0.5) is 17.3 Å². The maximum Gasteiger partial charge on any atom is 0.220 e. The van der Waals surface area contributed by atoms with Crippen LogP contribution in [0.15, 0.2) is 36.7 Å². The molecule has 1 aromatic heterocycles. The van der Waals surface area contributed by atoms with Crippen LogP contribution in [0.5, 0.6) is 0 Å². The van der Waals surface area contributed by atoms with Gasteiger partial charge in [-0.2, -0.15) is 0 Å². The second-order valence-electron chi connectivity index (χ2n) is 9.22. The van der Waals surface area contributed by atoms with E-state index < -0.39 is 0 Å². The number of hydrogen-bond donors (Lipinski definition) is 2. The molecule has 1 amide bonds. The summed E-state index contributed by atoms with van der Waals surface area (Å²) < 4.78 is 5.42. The fraction of sp³-hybridized carbons (Fsp3) is 0.577. The molecule has 1 atom stereocenters. The Morgan fingerprint density at radius 3 is 2.74 bits per heavy atom. The zero-order valence-electron chi connectivity index (χ0n) is 20.3. The van der Waals surface area contributed by atoms with E-state index in [0.29, 0.717) is 18.9 Å². The number of nitrogens with zero attached hydrogens (tertiary/aromatic N) is 4. The summed E-state index contributed by atoms with van der Waals surface area (Å²) in [6, 6.07) is 10.5. The monoisotopic (exact) mass is 466 g/mol. The molecule has 34 heavy (non-hydrogen) atoms. The summed E-state index contributed by atoms with van der Waals surface area (Å²) in [7, 11) is 0. The summed E-state index contributed by atoms with van der Waals surface area (Å²) in [4.78, 5) is 26.0. The predicted octanol–water partition coefficient (Wildman–Crippen LogP) is 3.45. The normalized spacial score (nSPS) is 18.6. The summed E-state index contributed by atoms with van der Waals surface area (Å²) in [5, 5.41) is 6.43. The van der Waals surface area contributed by atoms with Gasteiger partial charge in [0, 0.05) is 57.4 Å². The number of carbonyl (C=O) groups excluding carboxylic acids is 1. The standard InChI is InChI=1S/C26H38N6O2/c1-2-11-27-24-17-25(30-20-29-24)32-12-3-4-22(19-32)7-10-26(33)28-18-21-5-8-23(9-6-21)31-13-15-34-16-14-31/h5-6,8-9,17,20,22H,2-4,7,10-16,18-19H2,1H3,(H,28,33)(H,27,29,30)/t22-/m0/s1. The van der Waals surface area contributed by atoms with Crippen molar-refractivity contribution in [3.63, 3.8) is 0 Å². The van der Waals surface area contributed by atoms with Gasteiger partial charge >= 0.3 is 0 Å². The van der Waals surface area contributed by atoms with Crippen LogP contribution in [-0.2, 0) is 16.1 Å². The van der Waals surface area contributed by atoms with Gasteiger partial charge in [0.25, 0.3) is 0 Å². The van der Waals surface area contributed by atoms with Crippen molar-refractivity contribution in [3.8, 4) is 0 Å². The minimum Gasteiger partial charge on any atom is -0.378 e. The number of rotatable bonds is 10. The summed E-state index contributed by atoms with van der Waals surface area (Å²) in [6.07, 6.45) is 6.47. The lowest BCUT2D eigenvalue weighted by atomic mass is 9.93. The molecular formula is C26H38N6O2. The molecule has 8 nitrogen and oxygen atoms in total. The zero-order valence-corrected chi connectivity index (χ0v) is 20.3. The first-order valence-electron chi connectivity index (χ1n) is 12.7. The zero-order chi connectivity index (χ0) is 23.6. The summed E-state index contributed by atoms with van der Waals surface area (Å²) in [5.41, 5.74) is 2.35. The molecule has 2 aromatic rings. The Bertz CT molecular complexity index is 900. The Labute approximate surface area is 203 Å². The van der Waals surface area contributed by atoms with E-state index in [1.54, 1.807) is 6.33 Å². The number of hydrogen-bond acceptors (Lipinski definition) is 7. The highest BCUT2D eigenvalue weighted by Crippen LogP contribution is 2.25. The smallest absolute Gasteiger partial charge is 0.220 e. The van der Waals surface area contributed by atoms with Gasteiger partial charge in [-0.15, -0.1) is 0 Å². The third-order valence-electron chi connectivity index (χ3n) is 6.63. The Morgan fingerprint density at radius 1 is 1.12 bits per heavy atom. The number of carbonyl (C=O) groups is 1. The van der Waals surface area contributed by atoms with Gasteiger partial charge in [-0.25, -0.2) is 9.97 Å². The van der Waals surface area contributed by atoms with Crippen LogP contribution >= 0.6 is 0 Å². The Hall–Kier alpha value is -2.87. The minimum absolute atomic E-state index is 0.127. The molecule has 0 spiro atoms. The quantitative estimate of drug-likeness (QED) is 0.555. The number of amides is 1. The van der Waals surface area contributed by atoms with Crippen LogP contribution in [0.1, 0.15) is 44.6 Å². The molecule has 4 rings (SSSR count). The second kappa shape index (κ2) is 12.6. The van der Waals surface area contributed by atoms with Crippen LogP contribution < -0.4 is 20.4 Å². The Balaban J connectivity index is 1.19. The molecule has 8 heteroatoms. The molecule has 2 fully saturated rings. The lowest BCUT2D eigenvalue weighted by Gasteiger charge is -2.33. The second-order valence-corrected chi connectivity index (χ2v) is 9.22. The van der Waals surface area contributed by atoms with Crippen LogP contribution in [0.3, 0.4) is 0 Å². The number of morpholine rings is 1. The molecule has 2 N–H and O–H groups in total. The molecule has 0 aliphatic carbocycles. The fourth-order valence-corrected chi connectivity index (χ4v) is 4.65. The molecule has 0 saturated carbocycles. The molecule has 2 aliphatic rings. The highest BCUT2D eigenvalue weighted by molar-refractivity contribution is 5.75. The van der Waals surface area contributed by atoms with Crippen LogP contribution in [0.2, 0.25) is 0 Å². The average molecular weight is 467 g/mol. The summed E-state index contributed by atoms with van der Waals surface area (Å²) >= 11 is 0. The average Bonchev–Trinajstić information content (AvgIpc) is 2.90. The van der Waals surface area contributed by atoms with Crippen molar-refractivity contribution in [1.29, 1.82) is 0 Å². The van der Waals surface area contributed by atoms with Crippen molar-refractivity contribution in [2.24, 2.45) is 5.92 Å². The first kappa shape index (κ1) is 24.3. The highest BCUT2D eigenvalue weighted by atomic mass is 16.5. The molecule has 0 bridgehead atoms. The van der Waals surface area contributed by atoms with E-state index in [9.17, 15) is 4.79 Å². The van der Waals surface area contributed by atoms with E-state index in [4.69, 9.17) is 4.74 Å².